The van der Waals surface area contributed by atoms with E-state index in [0.29, 0.717) is 6.42 Å². The zero-order chi connectivity index (χ0) is 9.68. The molecule has 0 amide bonds. The lowest BCUT2D eigenvalue weighted by Crippen LogP contribution is -2.03. The maximum atomic E-state index is 9.05. The van der Waals surface area contributed by atoms with E-state index in [4.69, 9.17) is 14.9 Å². The van der Waals surface area contributed by atoms with Gasteiger partial charge in [-0.1, -0.05) is 12.1 Å². The van der Waals surface area contributed by atoms with Crippen LogP contribution in [0, 0.1) is 0 Å². The Bertz CT molecular complexity index is 243. The minimum atomic E-state index is -0.0920. The third-order valence-corrected chi connectivity index (χ3v) is 1.94. The van der Waals surface area contributed by atoms with Gasteiger partial charge in [-0.25, -0.2) is 0 Å². The lowest BCUT2D eigenvalue weighted by molar-refractivity contribution is 0.0775. The van der Waals surface area contributed by atoms with Crippen LogP contribution in [-0.2, 0) is 4.74 Å². The van der Waals surface area contributed by atoms with Gasteiger partial charge in [0.1, 0.15) is 5.75 Å². The van der Waals surface area contributed by atoms with Gasteiger partial charge in [-0.2, -0.15) is 0 Å². The van der Waals surface area contributed by atoms with E-state index in [1.807, 2.05) is 0 Å². The maximum absolute atomic E-state index is 9.05. The molecule has 0 radical (unpaired) electrons. The first-order valence-corrected chi connectivity index (χ1v) is 4.20. The molecule has 1 unspecified atom stereocenters. The lowest BCUT2D eigenvalue weighted by Gasteiger charge is -2.13. The Kier molecular flexibility index (Phi) is 3.73. The quantitative estimate of drug-likeness (QED) is 0.741. The Morgan fingerprint density at radius 3 is 2.38 bits per heavy atom. The summed E-state index contributed by atoms with van der Waals surface area (Å²) in [6.07, 6.45) is 0.479. The third-order valence-electron chi connectivity index (χ3n) is 1.94. The average Bonchev–Trinajstić information content (AvgIpc) is 2.16. The average molecular weight is 182 g/mol. The van der Waals surface area contributed by atoms with Crippen molar-refractivity contribution < 1.29 is 14.9 Å². The number of hydrogen-bond acceptors (Lipinski definition) is 3. The summed E-state index contributed by atoms with van der Waals surface area (Å²) in [5.41, 5.74) is 0.967. The minimum absolute atomic E-state index is 0.0920. The smallest absolute Gasteiger partial charge is 0.115 e. The zero-order valence-electron chi connectivity index (χ0n) is 7.60. The molecule has 0 bridgehead atoms. The van der Waals surface area contributed by atoms with E-state index in [2.05, 4.69) is 0 Å². The second-order valence-electron chi connectivity index (χ2n) is 2.83. The van der Waals surface area contributed by atoms with E-state index in [0.717, 1.165) is 5.56 Å². The highest BCUT2D eigenvalue weighted by Gasteiger charge is 2.08. The molecule has 13 heavy (non-hydrogen) atoms. The number of methoxy groups -OCH3 is 1. The Balaban J connectivity index is 2.73. The Morgan fingerprint density at radius 2 is 1.92 bits per heavy atom. The number of aliphatic hydroxyl groups excluding tert-OH is 1. The van der Waals surface area contributed by atoms with E-state index in [9.17, 15) is 0 Å². The van der Waals surface area contributed by atoms with Gasteiger partial charge in [0.15, 0.2) is 0 Å². The zero-order valence-corrected chi connectivity index (χ0v) is 7.60. The molecule has 0 saturated carbocycles. The fourth-order valence-corrected chi connectivity index (χ4v) is 1.23. The number of phenolic OH excluding ortho intramolecular Hbond substituents is 1. The van der Waals surface area contributed by atoms with Gasteiger partial charge in [0.2, 0.25) is 0 Å². The predicted molar refractivity (Wildman–Crippen MR) is 49.6 cm³/mol. The molecular formula is C10H14O3. The van der Waals surface area contributed by atoms with E-state index < -0.39 is 0 Å². The van der Waals surface area contributed by atoms with E-state index in [1.54, 1.807) is 31.4 Å². The molecule has 0 spiro atoms. The van der Waals surface area contributed by atoms with Crippen molar-refractivity contribution in [3.05, 3.63) is 29.8 Å². The monoisotopic (exact) mass is 182 g/mol. The second kappa shape index (κ2) is 4.84. The van der Waals surface area contributed by atoms with Crippen molar-refractivity contribution in [3.8, 4) is 5.75 Å². The Labute approximate surface area is 77.6 Å². The van der Waals surface area contributed by atoms with Crippen LogP contribution in [0.25, 0.3) is 0 Å². The molecular weight excluding hydrogens is 168 g/mol. The van der Waals surface area contributed by atoms with Gasteiger partial charge < -0.3 is 14.9 Å². The molecule has 0 fully saturated rings. The van der Waals surface area contributed by atoms with Crippen molar-refractivity contribution in [3.63, 3.8) is 0 Å². The largest absolute Gasteiger partial charge is 0.508 e. The van der Waals surface area contributed by atoms with Crippen LogP contribution in [0.4, 0.5) is 0 Å². The highest BCUT2D eigenvalue weighted by molar-refractivity contribution is 5.27. The van der Waals surface area contributed by atoms with Crippen LogP contribution in [0.3, 0.4) is 0 Å². The molecule has 0 saturated heterocycles. The summed E-state index contributed by atoms with van der Waals surface area (Å²) in [6.45, 7) is 0.0966. The molecule has 72 valence electrons. The normalized spacial score (nSPS) is 12.8. The summed E-state index contributed by atoms with van der Waals surface area (Å²) in [5, 5.41) is 17.8. The molecule has 0 heterocycles. The van der Waals surface area contributed by atoms with Crippen LogP contribution >= 0.6 is 0 Å². The molecule has 1 aromatic rings. The summed E-state index contributed by atoms with van der Waals surface area (Å²) < 4.78 is 5.17. The number of benzene rings is 1. The molecule has 2 N–H and O–H groups in total. The number of ether oxygens (including phenoxy) is 1. The second-order valence-corrected chi connectivity index (χ2v) is 2.83. The molecule has 0 aliphatic rings. The molecule has 1 aromatic carbocycles. The SMILES string of the molecule is COC(CCO)c1ccc(O)cc1. The summed E-state index contributed by atoms with van der Waals surface area (Å²) in [6, 6.07) is 6.80. The van der Waals surface area contributed by atoms with Gasteiger partial charge >= 0.3 is 0 Å². The summed E-state index contributed by atoms with van der Waals surface area (Å²) >= 11 is 0. The summed E-state index contributed by atoms with van der Waals surface area (Å²) in [4.78, 5) is 0. The number of rotatable bonds is 4. The van der Waals surface area contributed by atoms with Crippen LogP contribution < -0.4 is 0 Å². The first-order valence-electron chi connectivity index (χ1n) is 4.20. The van der Waals surface area contributed by atoms with Crippen molar-refractivity contribution in [1.82, 2.24) is 0 Å². The van der Waals surface area contributed by atoms with Crippen LogP contribution in [0.15, 0.2) is 24.3 Å². The van der Waals surface area contributed by atoms with Gasteiger partial charge in [-0.05, 0) is 17.7 Å². The molecule has 0 aliphatic carbocycles. The van der Waals surface area contributed by atoms with Crippen LogP contribution in [0.5, 0.6) is 5.75 Å². The van der Waals surface area contributed by atoms with Crippen LogP contribution in [-0.4, -0.2) is 23.9 Å². The molecule has 3 heteroatoms. The lowest BCUT2D eigenvalue weighted by atomic mass is 10.1. The van der Waals surface area contributed by atoms with Crippen molar-refractivity contribution in [1.29, 1.82) is 0 Å². The molecule has 3 nitrogen and oxygen atoms in total. The van der Waals surface area contributed by atoms with Crippen LogP contribution in [0.2, 0.25) is 0 Å². The van der Waals surface area contributed by atoms with Crippen molar-refractivity contribution in [2.75, 3.05) is 13.7 Å². The topological polar surface area (TPSA) is 49.7 Å². The van der Waals surface area contributed by atoms with Gasteiger partial charge in [0.25, 0.3) is 0 Å². The van der Waals surface area contributed by atoms with Gasteiger partial charge in [0.05, 0.1) is 6.10 Å². The highest BCUT2D eigenvalue weighted by Crippen LogP contribution is 2.21. The first-order chi connectivity index (χ1) is 6.27. The number of aliphatic hydroxyl groups is 1. The number of phenols is 1. The highest BCUT2D eigenvalue weighted by atomic mass is 16.5. The first kappa shape index (κ1) is 10.0. The number of aromatic hydroxyl groups is 1. The van der Waals surface area contributed by atoms with Gasteiger partial charge in [0, 0.05) is 20.1 Å². The van der Waals surface area contributed by atoms with Crippen molar-refractivity contribution in [2.24, 2.45) is 0 Å². The van der Waals surface area contributed by atoms with Crippen molar-refractivity contribution in [2.45, 2.75) is 12.5 Å². The summed E-state index contributed by atoms with van der Waals surface area (Å²) in [7, 11) is 1.60. The van der Waals surface area contributed by atoms with E-state index in [-0.39, 0.29) is 18.5 Å². The van der Waals surface area contributed by atoms with E-state index >= 15 is 0 Å². The maximum Gasteiger partial charge on any atom is 0.115 e. The Hall–Kier alpha value is -1.06. The molecule has 0 aromatic heterocycles. The van der Waals surface area contributed by atoms with Crippen LogP contribution in [0.1, 0.15) is 18.1 Å². The third kappa shape index (κ3) is 2.72. The fourth-order valence-electron chi connectivity index (χ4n) is 1.23. The minimum Gasteiger partial charge on any atom is -0.508 e. The Morgan fingerprint density at radius 1 is 1.31 bits per heavy atom. The standard InChI is InChI=1S/C10H14O3/c1-13-10(6-7-11)8-2-4-9(12)5-3-8/h2-5,10-12H,6-7H2,1H3. The van der Waals surface area contributed by atoms with Crippen molar-refractivity contribution >= 4 is 0 Å². The molecule has 0 aliphatic heterocycles. The predicted octanol–water partition coefficient (Wildman–Crippen LogP) is 1.46. The fraction of sp³-hybridized carbons (Fsp3) is 0.400. The van der Waals surface area contributed by atoms with Gasteiger partial charge in [-0.15, -0.1) is 0 Å². The summed E-state index contributed by atoms with van der Waals surface area (Å²) in [5.74, 6) is 0.239. The van der Waals surface area contributed by atoms with E-state index in [1.165, 1.54) is 0 Å². The molecule has 1 rings (SSSR count). The molecule has 1 atom stereocenters. The van der Waals surface area contributed by atoms with Gasteiger partial charge in [-0.3, -0.25) is 0 Å². The number of hydrogen-bond donors (Lipinski definition) is 2.